The Bertz CT molecular complexity index is 1240. The van der Waals surface area contributed by atoms with Gasteiger partial charge in [0, 0.05) is 11.3 Å². The summed E-state index contributed by atoms with van der Waals surface area (Å²) in [6, 6.07) is 10.2. The average molecular weight is 476 g/mol. The van der Waals surface area contributed by atoms with Crippen molar-refractivity contribution < 1.29 is 28.2 Å². The molecule has 3 aromatic rings. The molecule has 0 spiro atoms. The Labute approximate surface area is 192 Å². The summed E-state index contributed by atoms with van der Waals surface area (Å²) in [5.74, 6) is -2.43. The van der Waals surface area contributed by atoms with Gasteiger partial charge in [0.2, 0.25) is 0 Å². The highest BCUT2D eigenvalue weighted by Gasteiger charge is 2.48. The monoisotopic (exact) mass is 475 g/mol. The first kappa shape index (κ1) is 21.9. The van der Waals surface area contributed by atoms with Crippen LogP contribution in [0.4, 0.5) is 10.1 Å². The fraction of sp³-hybridized carbons (Fsp3) is 0.130. The molecule has 1 unspecified atom stereocenters. The predicted octanol–water partition coefficient (Wildman–Crippen LogP) is 5.75. The van der Waals surface area contributed by atoms with Crippen LogP contribution in [0.5, 0.6) is 5.75 Å². The molecule has 1 saturated heterocycles. The van der Waals surface area contributed by atoms with E-state index in [0.29, 0.717) is 12.4 Å². The largest absolute Gasteiger partial charge is 0.507 e. The van der Waals surface area contributed by atoms with Crippen molar-refractivity contribution in [3.63, 3.8) is 0 Å². The highest BCUT2D eigenvalue weighted by atomic mass is 35.5. The van der Waals surface area contributed by atoms with E-state index in [4.69, 9.17) is 32.4 Å². The van der Waals surface area contributed by atoms with E-state index >= 15 is 0 Å². The van der Waals surface area contributed by atoms with Gasteiger partial charge in [0.25, 0.3) is 11.7 Å². The first-order valence-electron chi connectivity index (χ1n) is 9.55. The third kappa shape index (κ3) is 3.74. The minimum absolute atomic E-state index is 0.115. The maximum absolute atomic E-state index is 13.7. The van der Waals surface area contributed by atoms with E-state index in [1.807, 2.05) is 0 Å². The Morgan fingerprint density at radius 1 is 1.16 bits per heavy atom. The number of aliphatic hydroxyl groups is 1. The summed E-state index contributed by atoms with van der Waals surface area (Å²) < 4.78 is 24.6. The zero-order valence-electron chi connectivity index (χ0n) is 16.6. The molecule has 4 rings (SSSR count). The number of halogens is 3. The standard InChI is InChI=1S/C23H16Cl2FNO5/c1-2-31-13-6-7-15(24)14(11-13)21(28)19-20(18-4-3-9-32-18)27(23(30)22(19)29)12-5-8-17(26)16(25)10-12/h3-11,20,28H,2H2,1H3/b21-19-. The summed E-state index contributed by atoms with van der Waals surface area (Å²) in [6.07, 6.45) is 1.37. The van der Waals surface area contributed by atoms with Crippen LogP contribution in [0.25, 0.3) is 5.76 Å². The molecule has 1 atom stereocenters. The highest BCUT2D eigenvalue weighted by molar-refractivity contribution is 6.52. The Balaban J connectivity index is 1.93. The molecular weight excluding hydrogens is 460 g/mol. The lowest BCUT2D eigenvalue weighted by Crippen LogP contribution is -2.29. The summed E-state index contributed by atoms with van der Waals surface area (Å²) >= 11 is 12.2. The number of Topliss-reactive ketones (excluding diaryl/α,β-unsaturated/α-hetero) is 1. The van der Waals surface area contributed by atoms with Gasteiger partial charge in [0.1, 0.15) is 29.1 Å². The first-order valence-corrected chi connectivity index (χ1v) is 10.3. The Morgan fingerprint density at radius 3 is 2.59 bits per heavy atom. The van der Waals surface area contributed by atoms with Crippen LogP contribution >= 0.6 is 23.2 Å². The van der Waals surface area contributed by atoms with Gasteiger partial charge >= 0.3 is 0 Å². The number of ketones is 1. The van der Waals surface area contributed by atoms with Crippen molar-refractivity contribution in [2.45, 2.75) is 13.0 Å². The van der Waals surface area contributed by atoms with Gasteiger partial charge in [0.15, 0.2) is 0 Å². The predicted molar refractivity (Wildman–Crippen MR) is 118 cm³/mol. The third-order valence-corrected chi connectivity index (χ3v) is 5.56. The van der Waals surface area contributed by atoms with Gasteiger partial charge in [0.05, 0.1) is 28.5 Å². The van der Waals surface area contributed by atoms with Crippen molar-refractivity contribution >= 4 is 46.3 Å². The number of amides is 1. The number of anilines is 1. The number of rotatable bonds is 5. The van der Waals surface area contributed by atoms with Gasteiger partial charge < -0.3 is 14.3 Å². The number of nitrogens with zero attached hydrogens (tertiary/aromatic N) is 1. The van der Waals surface area contributed by atoms with Crippen LogP contribution in [0.3, 0.4) is 0 Å². The Hall–Kier alpha value is -3.29. The van der Waals surface area contributed by atoms with E-state index in [1.54, 1.807) is 25.1 Å². The summed E-state index contributed by atoms with van der Waals surface area (Å²) in [4.78, 5) is 27.1. The number of furan rings is 1. The maximum atomic E-state index is 13.7. The minimum atomic E-state index is -1.13. The molecule has 32 heavy (non-hydrogen) atoms. The molecule has 2 aromatic carbocycles. The van der Waals surface area contributed by atoms with Gasteiger partial charge in [-0.25, -0.2) is 4.39 Å². The first-order chi connectivity index (χ1) is 15.3. The van der Waals surface area contributed by atoms with Crippen molar-refractivity contribution in [3.8, 4) is 5.75 Å². The second-order valence-corrected chi connectivity index (χ2v) is 7.67. The smallest absolute Gasteiger partial charge is 0.300 e. The fourth-order valence-electron chi connectivity index (χ4n) is 3.54. The van der Waals surface area contributed by atoms with E-state index in [-0.39, 0.29) is 32.6 Å². The second kappa shape index (κ2) is 8.68. The molecule has 164 valence electrons. The zero-order valence-corrected chi connectivity index (χ0v) is 18.2. The summed E-state index contributed by atoms with van der Waals surface area (Å²) in [6.45, 7) is 2.17. The molecule has 1 N–H and O–H groups in total. The fourth-order valence-corrected chi connectivity index (χ4v) is 3.92. The number of hydrogen-bond donors (Lipinski definition) is 1. The average Bonchev–Trinajstić information content (AvgIpc) is 3.38. The topological polar surface area (TPSA) is 80.0 Å². The number of ether oxygens (including phenoxy) is 1. The summed E-state index contributed by atoms with van der Waals surface area (Å²) in [5.41, 5.74) is 0.0402. The van der Waals surface area contributed by atoms with E-state index in [1.165, 1.54) is 30.5 Å². The lowest BCUT2D eigenvalue weighted by Gasteiger charge is -2.23. The number of hydrogen-bond acceptors (Lipinski definition) is 5. The Kier molecular flexibility index (Phi) is 5.95. The molecular formula is C23H16Cl2FNO5. The van der Waals surface area contributed by atoms with Gasteiger partial charge in [-0.1, -0.05) is 23.2 Å². The molecule has 0 bridgehead atoms. The molecule has 9 heteroatoms. The van der Waals surface area contributed by atoms with Crippen molar-refractivity contribution in [2.24, 2.45) is 0 Å². The van der Waals surface area contributed by atoms with Crippen LogP contribution in [0, 0.1) is 5.82 Å². The van der Waals surface area contributed by atoms with Crippen LogP contribution in [-0.2, 0) is 9.59 Å². The van der Waals surface area contributed by atoms with Crippen LogP contribution in [0.2, 0.25) is 10.0 Å². The minimum Gasteiger partial charge on any atom is -0.507 e. The molecule has 1 aliphatic rings. The molecule has 1 aromatic heterocycles. The highest BCUT2D eigenvalue weighted by Crippen LogP contribution is 2.44. The molecule has 1 amide bonds. The number of aliphatic hydroxyl groups excluding tert-OH is 1. The molecule has 6 nitrogen and oxygen atoms in total. The van der Waals surface area contributed by atoms with Crippen LogP contribution in [0.15, 0.2) is 64.8 Å². The van der Waals surface area contributed by atoms with E-state index in [2.05, 4.69) is 0 Å². The normalized spacial score (nSPS) is 17.8. The van der Waals surface area contributed by atoms with E-state index < -0.39 is 29.3 Å². The number of benzene rings is 2. The molecule has 0 radical (unpaired) electrons. The number of carbonyl (C=O) groups is 2. The lowest BCUT2D eigenvalue weighted by molar-refractivity contribution is -0.132. The van der Waals surface area contributed by atoms with Crippen molar-refractivity contribution in [3.05, 3.63) is 87.6 Å². The SMILES string of the molecule is CCOc1ccc(Cl)c(/C(O)=C2/C(=O)C(=O)N(c3ccc(F)c(Cl)c3)C2c2ccco2)c1. The van der Waals surface area contributed by atoms with Gasteiger partial charge in [-0.3, -0.25) is 14.5 Å². The third-order valence-electron chi connectivity index (χ3n) is 4.94. The second-order valence-electron chi connectivity index (χ2n) is 6.86. The van der Waals surface area contributed by atoms with Crippen LogP contribution in [0.1, 0.15) is 24.3 Å². The van der Waals surface area contributed by atoms with Crippen molar-refractivity contribution in [1.82, 2.24) is 0 Å². The van der Waals surface area contributed by atoms with Crippen molar-refractivity contribution in [2.75, 3.05) is 11.5 Å². The molecule has 2 heterocycles. The lowest BCUT2D eigenvalue weighted by atomic mass is 9.99. The molecule has 1 fully saturated rings. The van der Waals surface area contributed by atoms with Gasteiger partial charge in [-0.2, -0.15) is 0 Å². The summed E-state index contributed by atoms with van der Waals surface area (Å²) in [5, 5.41) is 11.1. The van der Waals surface area contributed by atoms with Crippen LogP contribution < -0.4 is 9.64 Å². The van der Waals surface area contributed by atoms with Crippen molar-refractivity contribution in [1.29, 1.82) is 0 Å². The number of carbonyl (C=O) groups excluding carboxylic acids is 2. The van der Waals surface area contributed by atoms with E-state index in [0.717, 1.165) is 11.0 Å². The van der Waals surface area contributed by atoms with Gasteiger partial charge in [-0.05, 0) is 55.5 Å². The molecule has 1 aliphatic heterocycles. The van der Waals surface area contributed by atoms with Crippen LogP contribution in [-0.4, -0.2) is 23.4 Å². The molecule has 0 aliphatic carbocycles. The Morgan fingerprint density at radius 2 is 1.94 bits per heavy atom. The van der Waals surface area contributed by atoms with E-state index in [9.17, 15) is 19.1 Å². The summed E-state index contributed by atoms with van der Waals surface area (Å²) in [7, 11) is 0. The zero-order chi connectivity index (χ0) is 23.0. The maximum Gasteiger partial charge on any atom is 0.300 e. The van der Waals surface area contributed by atoms with Gasteiger partial charge in [-0.15, -0.1) is 0 Å². The quantitative estimate of drug-likeness (QED) is 0.288. The molecule has 0 saturated carbocycles.